The molecular formula is C12H16ClN5O. The molecule has 2 heterocycles. The zero-order valence-corrected chi connectivity index (χ0v) is 11.2. The number of alkyl halides is 1. The molecule has 2 atom stereocenters. The smallest absolute Gasteiger partial charge is 0.364 e. The summed E-state index contributed by atoms with van der Waals surface area (Å²) in [7, 11) is 0. The number of rotatable bonds is 4. The van der Waals surface area contributed by atoms with Gasteiger partial charge in [0.1, 0.15) is 5.82 Å². The lowest BCUT2D eigenvalue weighted by Gasteiger charge is -2.17. The first-order chi connectivity index (χ1) is 9.28. The molecule has 7 heteroatoms. The van der Waals surface area contributed by atoms with Crippen LogP contribution in [0.3, 0.4) is 0 Å². The van der Waals surface area contributed by atoms with Gasteiger partial charge in [-0.2, -0.15) is 9.61 Å². The summed E-state index contributed by atoms with van der Waals surface area (Å²) in [5.41, 5.74) is 0.202. The minimum Gasteiger partial charge on any atom is -0.368 e. The van der Waals surface area contributed by atoms with Crippen molar-refractivity contribution in [3.05, 3.63) is 22.6 Å². The van der Waals surface area contributed by atoms with E-state index in [1.807, 2.05) is 6.07 Å². The highest BCUT2D eigenvalue weighted by molar-refractivity contribution is 6.18. The van der Waals surface area contributed by atoms with Crippen LogP contribution in [0.1, 0.15) is 19.3 Å². The van der Waals surface area contributed by atoms with Crippen LogP contribution in [0, 0.1) is 11.8 Å². The Labute approximate surface area is 115 Å². The first-order valence-electron chi connectivity index (χ1n) is 6.52. The normalized spacial score (nSPS) is 23.0. The van der Waals surface area contributed by atoms with Crippen LogP contribution in [0.15, 0.2) is 16.9 Å². The topological polar surface area (TPSA) is 75.1 Å². The summed E-state index contributed by atoms with van der Waals surface area (Å²) in [6.45, 7) is 0.850. The quantitative estimate of drug-likeness (QED) is 0.833. The Balaban J connectivity index is 1.71. The molecule has 0 bridgehead atoms. The molecule has 0 aromatic carbocycles. The second-order valence-electron chi connectivity index (χ2n) is 5.00. The van der Waals surface area contributed by atoms with E-state index in [1.165, 1.54) is 23.8 Å². The maximum absolute atomic E-state index is 11.4. The zero-order valence-electron chi connectivity index (χ0n) is 10.5. The molecule has 0 amide bonds. The fraction of sp³-hybridized carbons (Fsp3) is 0.583. The summed E-state index contributed by atoms with van der Waals surface area (Å²) in [6, 6.07) is 3.60. The minimum absolute atomic E-state index is 0.321. The Hall–Kier alpha value is -1.56. The lowest BCUT2D eigenvalue weighted by molar-refractivity contribution is 0.444. The Morgan fingerprint density at radius 1 is 1.42 bits per heavy atom. The standard InChI is InChI=1S/C12H16ClN5O/c13-6-8-2-1-3-9(8)7-14-10-4-5-11-15-16-12(19)18(11)17-10/h4-5,8-9H,1-3,6-7H2,(H,14,17)(H,16,19). The third kappa shape index (κ3) is 2.45. The summed E-state index contributed by atoms with van der Waals surface area (Å²) >= 11 is 5.97. The second kappa shape index (κ2) is 5.21. The monoisotopic (exact) mass is 281 g/mol. The third-order valence-electron chi connectivity index (χ3n) is 3.83. The number of anilines is 1. The van der Waals surface area contributed by atoms with E-state index in [0.29, 0.717) is 23.3 Å². The molecule has 0 radical (unpaired) electrons. The molecule has 1 saturated carbocycles. The van der Waals surface area contributed by atoms with Crippen molar-refractivity contribution < 1.29 is 0 Å². The summed E-state index contributed by atoms with van der Waals surface area (Å²) in [5, 5.41) is 13.7. The molecule has 3 rings (SSSR count). The van der Waals surface area contributed by atoms with Crippen LogP contribution in [0.25, 0.3) is 5.65 Å². The lowest BCUT2D eigenvalue weighted by Crippen LogP contribution is -2.21. The number of nitrogens with zero attached hydrogens (tertiary/aromatic N) is 3. The predicted molar refractivity (Wildman–Crippen MR) is 73.6 cm³/mol. The second-order valence-corrected chi connectivity index (χ2v) is 5.31. The van der Waals surface area contributed by atoms with Gasteiger partial charge in [0.25, 0.3) is 0 Å². The number of aromatic amines is 1. The molecule has 2 N–H and O–H groups in total. The van der Waals surface area contributed by atoms with E-state index >= 15 is 0 Å². The van der Waals surface area contributed by atoms with Gasteiger partial charge in [-0.25, -0.2) is 9.89 Å². The Bertz CT molecular complexity index is 622. The van der Waals surface area contributed by atoms with Crippen LogP contribution < -0.4 is 11.0 Å². The number of aromatic nitrogens is 4. The van der Waals surface area contributed by atoms with Crippen LogP contribution in [0.4, 0.5) is 5.82 Å². The fourth-order valence-electron chi connectivity index (χ4n) is 2.72. The van der Waals surface area contributed by atoms with Crippen molar-refractivity contribution >= 4 is 23.1 Å². The van der Waals surface area contributed by atoms with Gasteiger partial charge in [-0.15, -0.1) is 16.7 Å². The van der Waals surface area contributed by atoms with Gasteiger partial charge in [0.15, 0.2) is 5.65 Å². The number of halogens is 1. The number of H-pyrrole nitrogens is 1. The van der Waals surface area contributed by atoms with E-state index < -0.39 is 0 Å². The van der Waals surface area contributed by atoms with E-state index in [2.05, 4.69) is 20.6 Å². The zero-order chi connectivity index (χ0) is 13.2. The van der Waals surface area contributed by atoms with E-state index in [0.717, 1.165) is 12.4 Å². The molecule has 2 unspecified atom stereocenters. The maximum Gasteiger partial charge on any atom is 0.364 e. The van der Waals surface area contributed by atoms with Crippen molar-refractivity contribution in [3.63, 3.8) is 0 Å². The molecule has 1 fully saturated rings. The van der Waals surface area contributed by atoms with Crippen LogP contribution >= 0.6 is 11.6 Å². The van der Waals surface area contributed by atoms with Crippen molar-refractivity contribution in [2.45, 2.75) is 19.3 Å². The summed E-state index contributed by atoms with van der Waals surface area (Å²) in [6.07, 6.45) is 3.67. The molecule has 19 heavy (non-hydrogen) atoms. The third-order valence-corrected chi connectivity index (χ3v) is 4.23. The van der Waals surface area contributed by atoms with Gasteiger partial charge in [-0.05, 0) is 36.8 Å². The molecule has 6 nitrogen and oxygen atoms in total. The number of fused-ring (bicyclic) bond motifs is 1. The molecule has 0 saturated heterocycles. The van der Waals surface area contributed by atoms with E-state index in [1.54, 1.807) is 6.07 Å². The molecule has 1 aliphatic rings. The van der Waals surface area contributed by atoms with Crippen LogP contribution in [0.5, 0.6) is 0 Å². The van der Waals surface area contributed by atoms with E-state index in [9.17, 15) is 4.79 Å². The molecular weight excluding hydrogens is 266 g/mol. The van der Waals surface area contributed by atoms with Crippen molar-refractivity contribution in [1.29, 1.82) is 0 Å². The Kier molecular flexibility index (Phi) is 3.42. The van der Waals surface area contributed by atoms with Gasteiger partial charge in [0, 0.05) is 12.4 Å². The SMILES string of the molecule is O=c1[nH]nc2ccc(NCC3CCCC3CCl)nn12. The van der Waals surface area contributed by atoms with Crippen molar-refractivity contribution in [2.75, 3.05) is 17.7 Å². The van der Waals surface area contributed by atoms with Crippen molar-refractivity contribution in [1.82, 2.24) is 19.8 Å². The summed E-state index contributed by atoms with van der Waals surface area (Å²) in [4.78, 5) is 11.4. The van der Waals surface area contributed by atoms with E-state index in [-0.39, 0.29) is 5.69 Å². The highest BCUT2D eigenvalue weighted by Crippen LogP contribution is 2.32. The molecule has 2 aromatic heterocycles. The van der Waals surface area contributed by atoms with Crippen molar-refractivity contribution in [3.8, 4) is 0 Å². The number of hydrogen-bond donors (Lipinski definition) is 2. The van der Waals surface area contributed by atoms with Gasteiger partial charge in [0.2, 0.25) is 0 Å². The first kappa shape index (κ1) is 12.5. The van der Waals surface area contributed by atoms with Crippen molar-refractivity contribution in [2.24, 2.45) is 11.8 Å². The van der Waals surface area contributed by atoms with Gasteiger partial charge < -0.3 is 5.32 Å². The molecule has 1 aliphatic carbocycles. The fourth-order valence-corrected chi connectivity index (χ4v) is 3.12. The Morgan fingerprint density at radius 2 is 2.26 bits per heavy atom. The maximum atomic E-state index is 11.4. The molecule has 2 aromatic rings. The van der Waals surface area contributed by atoms with Crippen LogP contribution in [0.2, 0.25) is 0 Å². The van der Waals surface area contributed by atoms with Gasteiger partial charge in [-0.3, -0.25) is 0 Å². The molecule has 0 aliphatic heterocycles. The van der Waals surface area contributed by atoms with Gasteiger partial charge in [-0.1, -0.05) is 6.42 Å². The largest absolute Gasteiger partial charge is 0.368 e. The number of hydrogen-bond acceptors (Lipinski definition) is 4. The van der Waals surface area contributed by atoms with Gasteiger partial charge in [0.05, 0.1) is 0 Å². The van der Waals surface area contributed by atoms with E-state index in [4.69, 9.17) is 11.6 Å². The Morgan fingerprint density at radius 3 is 3.11 bits per heavy atom. The van der Waals surface area contributed by atoms with Crippen LogP contribution in [-0.4, -0.2) is 32.2 Å². The van der Waals surface area contributed by atoms with Gasteiger partial charge >= 0.3 is 5.69 Å². The summed E-state index contributed by atoms with van der Waals surface area (Å²) < 4.78 is 1.26. The van der Waals surface area contributed by atoms with Crippen LogP contribution in [-0.2, 0) is 0 Å². The average Bonchev–Trinajstić information content (AvgIpc) is 3.03. The number of nitrogens with one attached hydrogen (secondary N) is 2. The predicted octanol–water partition coefficient (Wildman–Crippen LogP) is 1.48. The molecule has 102 valence electrons. The first-order valence-corrected chi connectivity index (χ1v) is 7.05. The highest BCUT2D eigenvalue weighted by atomic mass is 35.5. The molecule has 0 spiro atoms. The average molecular weight is 282 g/mol. The highest BCUT2D eigenvalue weighted by Gasteiger charge is 2.26. The minimum atomic E-state index is -0.321. The lowest BCUT2D eigenvalue weighted by atomic mass is 9.98. The summed E-state index contributed by atoms with van der Waals surface area (Å²) in [5.74, 6) is 2.60.